The Balaban J connectivity index is 2.37. The Morgan fingerprint density at radius 2 is 2.15 bits per heavy atom. The van der Waals surface area contributed by atoms with Crippen LogP contribution in [0.3, 0.4) is 0 Å². The first-order chi connectivity index (χ1) is 9.65. The molecule has 1 rings (SSSR count). The third kappa shape index (κ3) is 6.19. The van der Waals surface area contributed by atoms with Gasteiger partial charge in [-0.2, -0.15) is 0 Å². The molecule has 0 spiro atoms. The second kappa shape index (κ2) is 9.53. The van der Waals surface area contributed by atoms with Gasteiger partial charge >= 0.3 is 0 Å². The summed E-state index contributed by atoms with van der Waals surface area (Å²) < 4.78 is 5.10. The van der Waals surface area contributed by atoms with E-state index in [4.69, 9.17) is 21.4 Å². The van der Waals surface area contributed by atoms with E-state index >= 15 is 0 Å². The lowest BCUT2D eigenvalue weighted by molar-refractivity contribution is -0.117. The zero-order valence-corrected chi connectivity index (χ0v) is 12.3. The highest BCUT2D eigenvalue weighted by Gasteiger charge is 2.04. The number of amides is 1. The molecule has 0 aromatic heterocycles. The highest BCUT2D eigenvalue weighted by atomic mass is 35.5. The Labute approximate surface area is 124 Å². The van der Waals surface area contributed by atoms with Crippen molar-refractivity contribution >= 4 is 23.6 Å². The maximum Gasteiger partial charge on any atom is 0.246 e. The van der Waals surface area contributed by atoms with E-state index in [1.807, 2.05) is 18.2 Å². The van der Waals surface area contributed by atoms with Crippen molar-refractivity contribution in [2.24, 2.45) is 0 Å². The summed E-state index contributed by atoms with van der Waals surface area (Å²) in [5.74, 6) is -0.118. The van der Waals surface area contributed by atoms with E-state index < -0.39 is 0 Å². The molecule has 1 aromatic rings. The standard InChI is InChI=1S/C15H20ClNO3/c1-12(11-13-5-2-3-6-14(13)16)15(19)17-7-4-9-20-10-8-18/h2-3,5-6,11,18H,4,7-10H2,1H3,(H,17,19)/b12-11-. The summed E-state index contributed by atoms with van der Waals surface area (Å²) in [4.78, 5) is 11.8. The molecule has 0 aliphatic rings. The normalized spacial score (nSPS) is 11.4. The molecular formula is C15H20ClNO3. The van der Waals surface area contributed by atoms with E-state index in [-0.39, 0.29) is 12.5 Å². The molecule has 0 fully saturated rings. The van der Waals surface area contributed by atoms with Crippen LogP contribution in [0.1, 0.15) is 18.9 Å². The van der Waals surface area contributed by atoms with Crippen molar-refractivity contribution in [2.45, 2.75) is 13.3 Å². The molecule has 110 valence electrons. The van der Waals surface area contributed by atoms with Gasteiger partial charge in [0.15, 0.2) is 0 Å². The molecule has 0 heterocycles. The fourth-order valence-corrected chi connectivity index (χ4v) is 1.76. The number of halogens is 1. The lowest BCUT2D eigenvalue weighted by Gasteiger charge is -2.06. The number of hydrogen-bond donors (Lipinski definition) is 2. The fourth-order valence-electron chi connectivity index (χ4n) is 1.57. The van der Waals surface area contributed by atoms with Gasteiger partial charge in [-0.1, -0.05) is 29.8 Å². The summed E-state index contributed by atoms with van der Waals surface area (Å²) in [6.07, 6.45) is 2.48. The van der Waals surface area contributed by atoms with Crippen LogP contribution in [0.25, 0.3) is 6.08 Å². The number of benzene rings is 1. The SMILES string of the molecule is C/C(=C/c1ccccc1Cl)C(=O)NCCCOCCO. The van der Waals surface area contributed by atoms with Gasteiger partial charge < -0.3 is 15.2 Å². The number of hydrogen-bond acceptors (Lipinski definition) is 3. The zero-order valence-electron chi connectivity index (χ0n) is 11.6. The Kier molecular flexibility index (Phi) is 7.95. The van der Waals surface area contributed by atoms with Gasteiger partial charge in [0.05, 0.1) is 13.2 Å². The maximum atomic E-state index is 11.8. The highest BCUT2D eigenvalue weighted by molar-refractivity contribution is 6.32. The van der Waals surface area contributed by atoms with E-state index in [9.17, 15) is 4.79 Å². The summed E-state index contributed by atoms with van der Waals surface area (Å²) in [5, 5.41) is 12.0. The average molecular weight is 298 g/mol. The van der Waals surface area contributed by atoms with Crippen LogP contribution in [0.4, 0.5) is 0 Å². The first kappa shape index (κ1) is 16.7. The van der Waals surface area contributed by atoms with Crippen LogP contribution in [0.15, 0.2) is 29.8 Å². The zero-order chi connectivity index (χ0) is 14.8. The molecule has 0 aliphatic heterocycles. The van der Waals surface area contributed by atoms with Crippen LogP contribution in [0, 0.1) is 0 Å². The molecule has 0 radical (unpaired) electrons. The van der Waals surface area contributed by atoms with Crippen molar-refractivity contribution < 1.29 is 14.6 Å². The lowest BCUT2D eigenvalue weighted by atomic mass is 10.1. The van der Waals surface area contributed by atoms with Gasteiger partial charge in [0.1, 0.15) is 0 Å². The van der Waals surface area contributed by atoms with Gasteiger partial charge in [0, 0.05) is 23.7 Å². The number of aliphatic hydroxyl groups is 1. The molecule has 4 nitrogen and oxygen atoms in total. The molecule has 5 heteroatoms. The van der Waals surface area contributed by atoms with Crippen LogP contribution in [0.2, 0.25) is 5.02 Å². The van der Waals surface area contributed by atoms with Crippen molar-refractivity contribution in [3.8, 4) is 0 Å². The second-order valence-corrected chi connectivity index (χ2v) is 4.70. The van der Waals surface area contributed by atoms with Crippen molar-refractivity contribution in [1.82, 2.24) is 5.32 Å². The molecule has 1 aromatic carbocycles. The van der Waals surface area contributed by atoms with Crippen molar-refractivity contribution in [1.29, 1.82) is 0 Å². The summed E-state index contributed by atoms with van der Waals surface area (Å²) in [6.45, 7) is 3.17. The maximum absolute atomic E-state index is 11.8. The van der Waals surface area contributed by atoms with Crippen LogP contribution in [-0.2, 0) is 9.53 Å². The summed E-state index contributed by atoms with van der Waals surface area (Å²) in [5.41, 5.74) is 1.43. The molecule has 1 amide bonds. The summed E-state index contributed by atoms with van der Waals surface area (Å²) in [6, 6.07) is 7.38. The smallest absolute Gasteiger partial charge is 0.246 e. The molecular weight excluding hydrogens is 278 g/mol. The summed E-state index contributed by atoms with van der Waals surface area (Å²) in [7, 11) is 0. The largest absolute Gasteiger partial charge is 0.394 e. The van der Waals surface area contributed by atoms with Gasteiger partial charge in [-0.05, 0) is 31.1 Å². The van der Waals surface area contributed by atoms with Crippen molar-refractivity contribution in [2.75, 3.05) is 26.4 Å². The Hall–Kier alpha value is -1.36. The monoisotopic (exact) mass is 297 g/mol. The number of ether oxygens (including phenoxy) is 1. The average Bonchev–Trinajstić information content (AvgIpc) is 2.44. The minimum Gasteiger partial charge on any atom is -0.394 e. The van der Waals surface area contributed by atoms with Crippen LogP contribution in [0.5, 0.6) is 0 Å². The van der Waals surface area contributed by atoms with E-state index in [1.165, 1.54) is 0 Å². The number of carbonyl (C=O) groups is 1. The number of rotatable bonds is 8. The quantitative estimate of drug-likeness (QED) is 0.571. The predicted octanol–water partition coefficient (Wildman–Crippen LogP) is 2.26. The molecule has 0 unspecified atom stereocenters. The number of carbonyl (C=O) groups excluding carboxylic acids is 1. The van der Waals surface area contributed by atoms with Crippen molar-refractivity contribution in [3.05, 3.63) is 40.4 Å². The Bertz CT molecular complexity index is 460. The molecule has 0 bridgehead atoms. The molecule has 0 atom stereocenters. The minimum absolute atomic E-state index is 0.0199. The molecule has 0 saturated heterocycles. The first-order valence-corrected chi connectivity index (χ1v) is 6.92. The van der Waals surface area contributed by atoms with E-state index in [0.717, 1.165) is 5.56 Å². The highest BCUT2D eigenvalue weighted by Crippen LogP contribution is 2.17. The van der Waals surface area contributed by atoms with Gasteiger partial charge in [-0.25, -0.2) is 0 Å². The van der Waals surface area contributed by atoms with Crippen LogP contribution in [-0.4, -0.2) is 37.4 Å². The minimum atomic E-state index is -0.118. The molecule has 2 N–H and O–H groups in total. The molecule has 20 heavy (non-hydrogen) atoms. The van der Waals surface area contributed by atoms with Crippen LogP contribution < -0.4 is 5.32 Å². The molecule has 0 saturated carbocycles. The van der Waals surface area contributed by atoms with Crippen LogP contribution >= 0.6 is 11.6 Å². The van der Waals surface area contributed by atoms with Gasteiger partial charge in [-0.3, -0.25) is 4.79 Å². The second-order valence-electron chi connectivity index (χ2n) is 4.29. The Morgan fingerprint density at radius 3 is 2.85 bits per heavy atom. The van der Waals surface area contributed by atoms with Crippen molar-refractivity contribution in [3.63, 3.8) is 0 Å². The predicted molar refractivity (Wildman–Crippen MR) is 80.6 cm³/mol. The van der Waals surface area contributed by atoms with E-state index in [0.29, 0.717) is 36.8 Å². The number of aliphatic hydroxyl groups excluding tert-OH is 1. The summed E-state index contributed by atoms with van der Waals surface area (Å²) >= 11 is 6.04. The topological polar surface area (TPSA) is 58.6 Å². The first-order valence-electron chi connectivity index (χ1n) is 6.54. The van der Waals surface area contributed by atoms with Gasteiger partial charge in [-0.15, -0.1) is 0 Å². The lowest BCUT2D eigenvalue weighted by Crippen LogP contribution is -2.26. The third-order valence-electron chi connectivity index (χ3n) is 2.62. The van der Waals surface area contributed by atoms with Gasteiger partial charge in [0.25, 0.3) is 0 Å². The van der Waals surface area contributed by atoms with E-state index in [2.05, 4.69) is 5.32 Å². The third-order valence-corrected chi connectivity index (χ3v) is 2.97. The van der Waals surface area contributed by atoms with E-state index in [1.54, 1.807) is 19.1 Å². The number of nitrogens with one attached hydrogen (secondary N) is 1. The Morgan fingerprint density at radius 1 is 1.40 bits per heavy atom. The molecule has 0 aliphatic carbocycles. The van der Waals surface area contributed by atoms with Gasteiger partial charge in [0.2, 0.25) is 5.91 Å². The fraction of sp³-hybridized carbons (Fsp3) is 0.400.